The molecule has 0 aliphatic heterocycles. The molecule has 1 N–H and O–H groups in total. The van der Waals surface area contributed by atoms with Crippen molar-refractivity contribution in [3.05, 3.63) is 77.8 Å². The number of hydrogen-bond donors (Lipinski definition) is 1. The van der Waals surface area contributed by atoms with Crippen LogP contribution in [-0.2, 0) is 14.8 Å². The van der Waals surface area contributed by atoms with E-state index in [0.29, 0.717) is 16.5 Å². The summed E-state index contributed by atoms with van der Waals surface area (Å²) in [6, 6.07) is 19.1. The van der Waals surface area contributed by atoms with Gasteiger partial charge in [0.25, 0.3) is 10.0 Å². The Balaban J connectivity index is 2.02. The lowest BCUT2D eigenvalue weighted by atomic mass is 10.2. The Morgan fingerprint density at radius 3 is 2.35 bits per heavy atom. The van der Waals surface area contributed by atoms with Crippen molar-refractivity contribution in [2.75, 3.05) is 30.4 Å². The van der Waals surface area contributed by atoms with Gasteiger partial charge in [-0.05, 0) is 42.5 Å². The zero-order valence-corrected chi connectivity index (χ0v) is 18.5. The largest absolute Gasteiger partial charge is 0.497 e. The number of carbonyl (C=O) groups excluding carboxylic acids is 1. The van der Waals surface area contributed by atoms with E-state index in [1.165, 1.54) is 32.4 Å². The number of anilines is 2. The number of sulfonamides is 1. The molecule has 9 heteroatoms. The first-order valence-corrected chi connectivity index (χ1v) is 11.0. The summed E-state index contributed by atoms with van der Waals surface area (Å²) in [5.41, 5.74) is 0.657. The number of hydrogen-bond acceptors (Lipinski definition) is 5. The van der Waals surface area contributed by atoms with Gasteiger partial charge in [0, 0.05) is 16.8 Å². The average Bonchev–Trinajstić information content (AvgIpc) is 2.77. The fourth-order valence-electron chi connectivity index (χ4n) is 2.91. The SMILES string of the molecule is COc1ccc(N(CC(=O)Nc2cccc(Cl)c2)S(=O)(=O)c2ccccc2)c(OC)c1. The Bertz CT molecular complexity index is 1170. The maximum Gasteiger partial charge on any atom is 0.264 e. The monoisotopic (exact) mass is 460 g/mol. The minimum Gasteiger partial charge on any atom is -0.497 e. The summed E-state index contributed by atoms with van der Waals surface area (Å²) in [6.07, 6.45) is 0. The highest BCUT2D eigenvalue weighted by Crippen LogP contribution is 2.35. The Hall–Kier alpha value is -3.23. The van der Waals surface area contributed by atoms with Crippen LogP contribution in [0, 0.1) is 0 Å². The van der Waals surface area contributed by atoms with Gasteiger partial charge in [-0.15, -0.1) is 0 Å². The van der Waals surface area contributed by atoms with E-state index in [1.807, 2.05) is 0 Å². The van der Waals surface area contributed by atoms with Crippen LogP contribution in [0.15, 0.2) is 77.7 Å². The summed E-state index contributed by atoms with van der Waals surface area (Å²) in [6.45, 7) is -0.480. The highest BCUT2D eigenvalue weighted by molar-refractivity contribution is 7.92. The first kappa shape index (κ1) is 22.5. The first-order chi connectivity index (χ1) is 14.8. The number of methoxy groups -OCH3 is 2. The predicted molar refractivity (Wildman–Crippen MR) is 121 cm³/mol. The summed E-state index contributed by atoms with van der Waals surface area (Å²) < 4.78 is 38.4. The molecule has 0 bridgehead atoms. The zero-order chi connectivity index (χ0) is 22.4. The van der Waals surface area contributed by atoms with E-state index < -0.39 is 22.5 Å². The highest BCUT2D eigenvalue weighted by atomic mass is 35.5. The minimum atomic E-state index is -4.08. The molecule has 3 aromatic carbocycles. The lowest BCUT2D eigenvalue weighted by Gasteiger charge is -2.26. The molecular weight excluding hydrogens is 440 g/mol. The van der Waals surface area contributed by atoms with Crippen molar-refractivity contribution in [2.45, 2.75) is 4.90 Å². The number of nitrogens with zero attached hydrogens (tertiary/aromatic N) is 1. The van der Waals surface area contributed by atoms with Crippen LogP contribution in [0.25, 0.3) is 0 Å². The first-order valence-electron chi connectivity index (χ1n) is 9.20. The molecule has 3 aromatic rings. The van der Waals surface area contributed by atoms with Gasteiger partial charge in [0.15, 0.2) is 0 Å². The number of benzene rings is 3. The fourth-order valence-corrected chi connectivity index (χ4v) is 4.55. The standard InChI is InChI=1S/C22H21ClN2O5S/c1-29-18-11-12-20(21(14-18)30-2)25(31(27,28)19-9-4-3-5-10-19)15-22(26)24-17-8-6-7-16(23)13-17/h3-14H,15H2,1-2H3,(H,24,26). The van der Waals surface area contributed by atoms with Gasteiger partial charge in [-0.1, -0.05) is 35.9 Å². The number of amides is 1. The molecule has 0 spiro atoms. The van der Waals surface area contributed by atoms with E-state index in [0.717, 1.165) is 4.31 Å². The van der Waals surface area contributed by atoms with Gasteiger partial charge in [0.2, 0.25) is 5.91 Å². The van der Waals surface area contributed by atoms with E-state index >= 15 is 0 Å². The third kappa shape index (κ3) is 5.28. The van der Waals surface area contributed by atoms with Crippen molar-refractivity contribution in [2.24, 2.45) is 0 Å². The molecule has 162 valence electrons. The van der Waals surface area contributed by atoms with Crippen LogP contribution >= 0.6 is 11.6 Å². The normalized spacial score (nSPS) is 10.9. The van der Waals surface area contributed by atoms with Crippen molar-refractivity contribution in [1.82, 2.24) is 0 Å². The van der Waals surface area contributed by atoms with Gasteiger partial charge in [0.1, 0.15) is 18.0 Å². The Labute approximate surface area is 186 Å². The molecule has 0 aliphatic carbocycles. The summed E-state index contributed by atoms with van der Waals surface area (Å²) in [7, 11) is -1.17. The quantitative estimate of drug-likeness (QED) is 0.544. The molecule has 1 amide bonds. The Morgan fingerprint density at radius 2 is 1.71 bits per heavy atom. The van der Waals surface area contributed by atoms with Crippen LogP contribution in [0.4, 0.5) is 11.4 Å². The van der Waals surface area contributed by atoms with Gasteiger partial charge in [-0.25, -0.2) is 8.42 Å². The maximum atomic E-state index is 13.4. The smallest absolute Gasteiger partial charge is 0.264 e. The molecule has 31 heavy (non-hydrogen) atoms. The molecule has 0 aliphatic rings. The molecule has 0 radical (unpaired) electrons. The number of halogens is 1. The van der Waals surface area contributed by atoms with Crippen molar-refractivity contribution >= 4 is 38.9 Å². The molecule has 0 unspecified atom stereocenters. The lowest BCUT2D eigenvalue weighted by Crippen LogP contribution is -2.38. The van der Waals surface area contributed by atoms with E-state index in [-0.39, 0.29) is 16.3 Å². The third-order valence-corrected chi connectivity index (χ3v) is 6.39. The number of nitrogens with one attached hydrogen (secondary N) is 1. The van der Waals surface area contributed by atoms with Gasteiger partial charge in [-0.2, -0.15) is 0 Å². The van der Waals surface area contributed by atoms with Crippen molar-refractivity contribution in [3.8, 4) is 11.5 Å². The summed E-state index contributed by atoms with van der Waals surface area (Å²) in [5.74, 6) is 0.190. The van der Waals surface area contributed by atoms with Crippen molar-refractivity contribution in [3.63, 3.8) is 0 Å². The van der Waals surface area contributed by atoms with Crippen LogP contribution in [0.2, 0.25) is 5.02 Å². The average molecular weight is 461 g/mol. The molecule has 0 fully saturated rings. The van der Waals surface area contributed by atoms with Crippen molar-refractivity contribution in [1.29, 1.82) is 0 Å². The van der Waals surface area contributed by atoms with E-state index in [4.69, 9.17) is 21.1 Å². The second kappa shape index (κ2) is 9.72. The number of rotatable bonds is 8. The lowest BCUT2D eigenvalue weighted by molar-refractivity contribution is -0.114. The summed E-state index contributed by atoms with van der Waals surface area (Å²) in [5, 5.41) is 3.12. The Morgan fingerprint density at radius 1 is 0.968 bits per heavy atom. The van der Waals surface area contributed by atoms with Crippen LogP contribution < -0.4 is 19.1 Å². The molecular formula is C22H21ClN2O5S. The fraction of sp³-hybridized carbons (Fsp3) is 0.136. The second-order valence-corrected chi connectivity index (χ2v) is 8.72. The van der Waals surface area contributed by atoms with Gasteiger partial charge < -0.3 is 14.8 Å². The van der Waals surface area contributed by atoms with E-state index in [2.05, 4.69) is 5.32 Å². The minimum absolute atomic E-state index is 0.0448. The highest BCUT2D eigenvalue weighted by Gasteiger charge is 2.29. The molecule has 0 heterocycles. The third-order valence-electron chi connectivity index (χ3n) is 4.38. The van der Waals surface area contributed by atoms with Crippen molar-refractivity contribution < 1.29 is 22.7 Å². The number of ether oxygens (including phenoxy) is 2. The van der Waals surface area contributed by atoms with E-state index in [1.54, 1.807) is 54.6 Å². The molecule has 3 rings (SSSR count). The van der Waals surface area contributed by atoms with Crippen LogP contribution in [0.3, 0.4) is 0 Å². The maximum absolute atomic E-state index is 13.4. The van der Waals surface area contributed by atoms with Gasteiger partial charge >= 0.3 is 0 Å². The Kier molecular flexibility index (Phi) is 7.04. The van der Waals surface area contributed by atoms with Gasteiger partial charge in [0.05, 0.1) is 24.8 Å². The second-order valence-electron chi connectivity index (χ2n) is 6.42. The molecule has 0 saturated carbocycles. The molecule has 0 saturated heterocycles. The molecule has 0 aromatic heterocycles. The molecule has 0 atom stereocenters. The van der Waals surface area contributed by atoms with Crippen LogP contribution in [0.1, 0.15) is 0 Å². The number of carbonyl (C=O) groups is 1. The van der Waals surface area contributed by atoms with Crippen LogP contribution in [-0.4, -0.2) is 35.1 Å². The topological polar surface area (TPSA) is 84.9 Å². The zero-order valence-electron chi connectivity index (χ0n) is 16.9. The van der Waals surface area contributed by atoms with E-state index in [9.17, 15) is 13.2 Å². The predicted octanol–water partition coefficient (Wildman–Crippen LogP) is 4.19. The summed E-state index contributed by atoms with van der Waals surface area (Å²) >= 11 is 5.96. The summed E-state index contributed by atoms with van der Waals surface area (Å²) in [4.78, 5) is 12.8. The van der Waals surface area contributed by atoms with Gasteiger partial charge in [-0.3, -0.25) is 9.10 Å². The van der Waals surface area contributed by atoms with Crippen LogP contribution in [0.5, 0.6) is 11.5 Å². The molecule has 7 nitrogen and oxygen atoms in total.